The number of rotatable bonds is 6. The molecule has 0 fully saturated rings. The van der Waals surface area contributed by atoms with E-state index in [0.717, 1.165) is 47.3 Å². The van der Waals surface area contributed by atoms with Gasteiger partial charge in [-0.3, -0.25) is 0 Å². The van der Waals surface area contributed by atoms with Gasteiger partial charge in [0.2, 0.25) is 6.79 Å². The monoisotopic (exact) mass is 465 g/mol. The maximum Gasteiger partial charge on any atom is 0.231 e. The van der Waals surface area contributed by atoms with Crippen LogP contribution in [-0.4, -0.2) is 34.7 Å². The molecule has 0 bridgehead atoms. The summed E-state index contributed by atoms with van der Waals surface area (Å²) in [6, 6.07) is 18.5. The molecule has 7 heteroatoms. The van der Waals surface area contributed by atoms with E-state index in [4.69, 9.17) is 23.7 Å². The number of hydrogen-bond acceptors (Lipinski definition) is 7. The van der Waals surface area contributed by atoms with Crippen molar-refractivity contribution in [2.45, 2.75) is 23.1 Å². The molecule has 3 aromatic rings. The first-order valence-corrected chi connectivity index (χ1v) is 11.8. The summed E-state index contributed by atoms with van der Waals surface area (Å²) >= 11 is 1.86. The van der Waals surface area contributed by atoms with Crippen molar-refractivity contribution >= 4 is 17.4 Å². The fourth-order valence-corrected chi connectivity index (χ4v) is 5.62. The number of hydrogen-bond donors (Lipinski definition) is 0. The Hall–Kier alpha value is -3.19. The van der Waals surface area contributed by atoms with Gasteiger partial charge in [0.05, 0.1) is 27.0 Å². The number of anilines is 1. The number of nitrogens with zero attached hydrogens (tertiary/aromatic N) is 1. The molecule has 0 aromatic heterocycles. The van der Waals surface area contributed by atoms with Crippen LogP contribution in [0.4, 0.5) is 5.69 Å². The van der Waals surface area contributed by atoms with Gasteiger partial charge in [0.25, 0.3) is 0 Å². The van der Waals surface area contributed by atoms with Crippen molar-refractivity contribution < 1.29 is 23.7 Å². The second-order valence-corrected chi connectivity index (χ2v) is 9.19. The Morgan fingerprint density at radius 2 is 1.67 bits per heavy atom. The first kappa shape index (κ1) is 21.6. The van der Waals surface area contributed by atoms with Crippen LogP contribution in [0.25, 0.3) is 0 Å². The van der Waals surface area contributed by atoms with Crippen LogP contribution < -0.4 is 28.6 Å². The zero-order valence-electron chi connectivity index (χ0n) is 19.0. The van der Waals surface area contributed by atoms with Crippen molar-refractivity contribution in [1.29, 1.82) is 0 Å². The van der Waals surface area contributed by atoms with Crippen molar-refractivity contribution in [3.05, 3.63) is 65.7 Å². The molecule has 3 aromatic carbocycles. The minimum Gasteiger partial charge on any atom is -0.497 e. The molecule has 172 valence electrons. The highest BCUT2D eigenvalue weighted by atomic mass is 32.2. The molecule has 0 spiro atoms. The largest absolute Gasteiger partial charge is 0.497 e. The van der Waals surface area contributed by atoms with Crippen molar-refractivity contribution in [1.82, 2.24) is 0 Å². The lowest BCUT2D eigenvalue weighted by molar-refractivity contribution is 0.174. The molecule has 0 saturated carbocycles. The third-order valence-corrected chi connectivity index (χ3v) is 7.43. The van der Waals surface area contributed by atoms with Crippen LogP contribution in [0.2, 0.25) is 0 Å². The van der Waals surface area contributed by atoms with Gasteiger partial charge in [-0.05, 0) is 60.5 Å². The molecular weight excluding hydrogens is 438 g/mol. The van der Waals surface area contributed by atoms with Crippen molar-refractivity contribution in [2.75, 3.05) is 39.6 Å². The molecule has 6 nitrogen and oxygen atoms in total. The molecule has 2 aliphatic rings. The van der Waals surface area contributed by atoms with E-state index in [-0.39, 0.29) is 12.0 Å². The number of fused-ring (bicyclic) bond motifs is 2. The molecule has 0 radical (unpaired) electrons. The predicted molar refractivity (Wildman–Crippen MR) is 129 cm³/mol. The maximum absolute atomic E-state index is 5.64. The van der Waals surface area contributed by atoms with E-state index in [1.165, 1.54) is 16.1 Å². The van der Waals surface area contributed by atoms with Gasteiger partial charge in [-0.15, -0.1) is 11.8 Å². The van der Waals surface area contributed by atoms with Crippen molar-refractivity contribution in [2.24, 2.45) is 0 Å². The number of thioether (sulfide) groups is 1. The van der Waals surface area contributed by atoms with Gasteiger partial charge < -0.3 is 28.6 Å². The first-order chi connectivity index (χ1) is 16.2. The summed E-state index contributed by atoms with van der Waals surface area (Å²) in [6.45, 7) is 1.90. The molecule has 33 heavy (non-hydrogen) atoms. The lowest BCUT2D eigenvalue weighted by Crippen LogP contribution is -2.24. The first-order valence-electron chi connectivity index (χ1n) is 10.9. The number of ether oxygens (including phenoxy) is 5. The average Bonchev–Trinajstić information content (AvgIpc) is 3.26. The Morgan fingerprint density at radius 1 is 0.879 bits per heavy atom. The molecule has 0 amide bonds. The van der Waals surface area contributed by atoms with Gasteiger partial charge in [0.1, 0.15) is 17.2 Å². The fraction of sp³-hybridized carbons (Fsp3) is 0.308. The van der Waals surface area contributed by atoms with Gasteiger partial charge in [-0.25, -0.2) is 0 Å². The summed E-state index contributed by atoms with van der Waals surface area (Å²) in [4.78, 5) is 3.60. The lowest BCUT2D eigenvalue weighted by Gasteiger charge is -2.26. The van der Waals surface area contributed by atoms with E-state index >= 15 is 0 Å². The van der Waals surface area contributed by atoms with E-state index < -0.39 is 0 Å². The number of methoxy groups -OCH3 is 3. The van der Waals surface area contributed by atoms with Gasteiger partial charge in [-0.2, -0.15) is 0 Å². The molecule has 0 aliphatic carbocycles. The Kier molecular flexibility index (Phi) is 6.13. The summed E-state index contributed by atoms with van der Waals surface area (Å²) in [7, 11) is 5.10. The van der Waals surface area contributed by atoms with Gasteiger partial charge >= 0.3 is 0 Å². The normalized spacial score (nSPS) is 16.7. The molecule has 5 rings (SSSR count). The highest BCUT2D eigenvalue weighted by molar-refractivity contribution is 7.99. The topological polar surface area (TPSA) is 49.4 Å². The average molecular weight is 466 g/mol. The predicted octanol–water partition coefficient (Wildman–Crippen LogP) is 5.68. The van der Waals surface area contributed by atoms with E-state index in [1.54, 1.807) is 21.3 Å². The van der Waals surface area contributed by atoms with Crippen LogP contribution >= 0.6 is 11.8 Å². The summed E-state index contributed by atoms with van der Waals surface area (Å²) in [5.74, 6) is 4.16. The third-order valence-electron chi connectivity index (χ3n) is 6.06. The lowest BCUT2D eigenvalue weighted by atomic mass is 10.1. The summed E-state index contributed by atoms with van der Waals surface area (Å²) < 4.78 is 27.8. The second-order valence-electron chi connectivity index (χ2n) is 7.94. The standard InChI is InChI=1S/C26H27NO5S/c1-28-19-6-9-22(30-3)18(12-19)15-27-11-10-25(17-4-8-23-24(13-17)32-16-31-23)33-26-14-20(29-2)5-7-21(26)27/h4-9,12-14,25H,10-11,15-16H2,1-3H3/t25-/m0/s1. The van der Waals surface area contributed by atoms with Crippen molar-refractivity contribution in [3.63, 3.8) is 0 Å². The van der Waals surface area contributed by atoms with Gasteiger partial charge in [0.15, 0.2) is 11.5 Å². The van der Waals surface area contributed by atoms with Gasteiger partial charge in [-0.1, -0.05) is 6.07 Å². The highest BCUT2D eigenvalue weighted by Crippen LogP contribution is 2.48. The molecule has 2 heterocycles. The SMILES string of the molecule is COc1ccc(OC)c(CN2CC[C@@H](c3ccc4c(c3)OCO4)Sc3cc(OC)ccc32)c1. The maximum atomic E-state index is 5.64. The smallest absolute Gasteiger partial charge is 0.231 e. The Labute approximate surface area is 198 Å². The number of benzene rings is 3. The van der Waals surface area contributed by atoms with Crippen molar-refractivity contribution in [3.8, 4) is 28.7 Å². The Morgan fingerprint density at radius 3 is 2.48 bits per heavy atom. The minimum absolute atomic E-state index is 0.280. The molecule has 2 aliphatic heterocycles. The molecule has 0 unspecified atom stereocenters. The van der Waals surface area contributed by atoms with Crippen LogP contribution in [0, 0.1) is 0 Å². The van der Waals surface area contributed by atoms with Crippen LogP contribution in [0.1, 0.15) is 22.8 Å². The molecular formula is C26H27NO5S. The quantitative estimate of drug-likeness (QED) is 0.464. The second kappa shape index (κ2) is 9.35. The minimum atomic E-state index is 0.280. The fourth-order valence-electron chi connectivity index (χ4n) is 4.31. The van der Waals surface area contributed by atoms with Crippen LogP contribution in [-0.2, 0) is 6.54 Å². The zero-order chi connectivity index (χ0) is 22.8. The Balaban J connectivity index is 1.49. The van der Waals surface area contributed by atoms with E-state index in [1.807, 2.05) is 36.0 Å². The third kappa shape index (κ3) is 4.37. The van der Waals surface area contributed by atoms with Gasteiger partial charge in [0, 0.05) is 28.8 Å². The molecule has 0 N–H and O–H groups in total. The van der Waals surface area contributed by atoms with Crippen LogP contribution in [0.3, 0.4) is 0 Å². The van der Waals surface area contributed by atoms with E-state index in [9.17, 15) is 0 Å². The Bertz CT molecular complexity index is 1150. The molecule has 1 atom stereocenters. The van der Waals surface area contributed by atoms with E-state index in [2.05, 4.69) is 35.2 Å². The van der Waals surface area contributed by atoms with Crippen LogP contribution in [0.15, 0.2) is 59.5 Å². The summed E-state index contributed by atoms with van der Waals surface area (Å²) in [5, 5.41) is 0.280. The summed E-state index contributed by atoms with van der Waals surface area (Å²) in [5.41, 5.74) is 3.51. The highest BCUT2D eigenvalue weighted by Gasteiger charge is 2.26. The molecule has 0 saturated heterocycles. The van der Waals surface area contributed by atoms with Crippen LogP contribution in [0.5, 0.6) is 28.7 Å². The zero-order valence-corrected chi connectivity index (χ0v) is 19.8. The van der Waals surface area contributed by atoms with E-state index in [0.29, 0.717) is 6.54 Å². The summed E-state index contributed by atoms with van der Waals surface area (Å²) in [6.07, 6.45) is 0.980.